The maximum atomic E-state index is 11.0. The standard InChI is InChI=1S/C19H15N3O2/c20-11-19-18(10-16(12-23)22(19)21)15-7-4-8-17(9-15)24-13-14-5-2-1-3-6-14/h1-10,12H,13,21H2. The van der Waals surface area contributed by atoms with Gasteiger partial charge in [-0.15, -0.1) is 0 Å². The fourth-order valence-corrected chi connectivity index (χ4v) is 2.46. The van der Waals surface area contributed by atoms with Gasteiger partial charge in [0.05, 0.1) is 0 Å². The van der Waals surface area contributed by atoms with Gasteiger partial charge in [0.15, 0.2) is 6.29 Å². The summed E-state index contributed by atoms with van der Waals surface area (Å²) in [6.07, 6.45) is 0.625. The lowest BCUT2D eigenvalue weighted by atomic mass is 10.1. The summed E-state index contributed by atoms with van der Waals surface area (Å²) in [7, 11) is 0. The van der Waals surface area contributed by atoms with Gasteiger partial charge in [-0.25, -0.2) is 4.68 Å². The Morgan fingerprint density at radius 1 is 1.12 bits per heavy atom. The summed E-state index contributed by atoms with van der Waals surface area (Å²) in [5.74, 6) is 6.45. The Bertz CT molecular complexity index is 908. The maximum absolute atomic E-state index is 11.0. The summed E-state index contributed by atoms with van der Waals surface area (Å²) in [6.45, 7) is 0.451. The first-order valence-corrected chi connectivity index (χ1v) is 7.36. The molecular weight excluding hydrogens is 302 g/mol. The van der Waals surface area contributed by atoms with Crippen LogP contribution in [0.1, 0.15) is 21.7 Å². The Morgan fingerprint density at radius 2 is 1.92 bits per heavy atom. The highest BCUT2D eigenvalue weighted by Gasteiger charge is 2.14. The minimum Gasteiger partial charge on any atom is -0.489 e. The van der Waals surface area contributed by atoms with Crippen LogP contribution in [-0.4, -0.2) is 11.0 Å². The molecule has 0 unspecified atom stereocenters. The van der Waals surface area contributed by atoms with Crippen molar-refractivity contribution < 1.29 is 9.53 Å². The highest BCUT2D eigenvalue weighted by atomic mass is 16.5. The quantitative estimate of drug-likeness (QED) is 0.579. The van der Waals surface area contributed by atoms with Crippen molar-refractivity contribution in [2.24, 2.45) is 0 Å². The molecule has 24 heavy (non-hydrogen) atoms. The number of rotatable bonds is 5. The lowest BCUT2D eigenvalue weighted by molar-refractivity contribution is 0.111. The summed E-state index contributed by atoms with van der Waals surface area (Å²) < 4.78 is 6.90. The molecule has 0 bridgehead atoms. The van der Waals surface area contributed by atoms with Gasteiger partial charge in [-0.2, -0.15) is 5.26 Å². The van der Waals surface area contributed by atoms with Crippen LogP contribution in [0.5, 0.6) is 5.75 Å². The van der Waals surface area contributed by atoms with Crippen LogP contribution in [0.3, 0.4) is 0 Å². The minimum absolute atomic E-state index is 0.234. The molecule has 0 aliphatic rings. The van der Waals surface area contributed by atoms with Gasteiger partial charge < -0.3 is 10.6 Å². The van der Waals surface area contributed by atoms with Crippen molar-refractivity contribution in [2.45, 2.75) is 6.61 Å². The van der Waals surface area contributed by atoms with Crippen LogP contribution in [-0.2, 0) is 6.61 Å². The molecule has 0 spiro atoms. The van der Waals surface area contributed by atoms with Gasteiger partial charge in [0.2, 0.25) is 0 Å². The van der Waals surface area contributed by atoms with Crippen LogP contribution in [0, 0.1) is 11.3 Å². The van der Waals surface area contributed by atoms with Crippen molar-refractivity contribution in [1.82, 2.24) is 4.68 Å². The zero-order valence-corrected chi connectivity index (χ0v) is 12.8. The van der Waals surface area contributed by atoms with Gasteiger partial charge >= 0.3 is 0 Å². The zero-order valence-electron chi connectivity index (χ0n) is 12.8. The highest BCUT2D eigenvalue weighted by Crippen LogP contribution is 2.28. The summed E-state index contributed by atoms with van der Waals surface area (Å²) in [5, 5.41) is 9.29. The molecule has 1 heterocycles. The molecule has 2 N–H and O–H groups in total. The Morgan fingerprint density at radius 3 is 2.62 bits per heavy atom. The molecule has 5 heteroatoms. The normalized spacial score (nSPS) is 10.1. The monoisotopic (exact) mass is 317 g/mol. The first kappa shape index (κ1) is 15.4. The second kappa shape index (κ2) is 6.71. The van der Waals surface area contributed by atoms with E-state index in [2.05, 4.69) is 0 Å². The Balaban J connectivity index is 1.88. The molecule has 0 atom stereocenters. The number of nitrogen functional groups attached to an aromatic ring is 1. The minimum atomic E-state index is 0.234. The number of nitrogens with two attached hydrogens (primary N) is 1. The molecule has 3 rings (SSSR count). The Labute approximate surface area is 139 Å². The van der Waals surface area contributed by atoms with Crippen LogP contribution in [0.2, 0.25) is 0 Å². The molecule has 0 aliphatic carbocycles. The van der Waals surface area contributed by atoms with Gasteiger partial charge in [-0.3, -0.25) is 4.79 Å². The predicted octanol–water partition coefficient (Wildman–Crippen LogP) is 3.13. The number of aldehydes is 1. The number of carbonyl (C=O) groups is 1. The molecule has 118 valence electrons. The topological polar surface area (TPSA) is 81.0 Å². The average Bonchev–Trinajstić information content (AvgIpc) is 2.97. The van der Waals surface area contributed by atoms with E-state index in [0.29, 0.717) is 24.2 Å². The fourth-order valence-electron chi connectivity index (χ4n) is 2.46. The molecule has 0 fully saturated rings. The third kappa shape index (κ3) is 2.99. The van der Waals surface area contributed by atoms with Crippen LogP contribution >= 0.6 is 0 Å². The van der Waals surface area contributed by atoms with Crippen LogP contribution in [0.15, 0.2) is 60.7 Å². The molecule has 2 aromatic carbocycles. The number of carbonyl (C=O) groups excluding carboxylic acids is 1. The first-order valence-electron chi connectivity index (χ1n) is 7.36. The highest BCUT2D eigenvalue weighted by molar-refractivity contribution is 5.81. The SMILES string of the molecule is N#Cc1c(-c2cccc(OCc3ccccc3)c2)cc(C=O)n1N. The molecule has 0 radical (unpaired) electrons. The van der Waals surface area contributed by atoms with Crippen molar-refractivity contribution in [2.75, 3.05) is 5.84 Å². The second-order valence-corrected chi connectivity index (χ2v) is 5.23. The maximum Gasteiger partial charge on any atom is 0.168 e. The van der Waals surface area contributed by atoms with Crippen LogP contribution < -0.4 is 10.6 Å². The summed E-state index contributed by atoms with van der Waals surface area (Å²) >= 11 is 0. The van der Waals surface area contributed by atoms with E-state index < -0.39 is 0 Å². The third-order valence-electron chi connectivity index (χ3n) is 3.69. The van der Waals surface area contributed by atoms with E-state index in [1.807, 2.05) is 60.7 Å². The first-order chi connectivity index (χ1) is 11.7. The molecule has 0 aliphatic heterocycles. The van der Waals surface area contributed by atoms with E-state index in [0.717, 1.165) is 15.8 Å². The van der Waals surface area contributed by atoms with Crippen molar-refractivity contribution >= 4 is 6.29 Å². The van der Waals surface area contributed by atoms with E-state index in [1.165, 1.54) is 0 Å². The lowest BCUT2D eigenvalue weighted by Crippen LogP contribution is -2.13. The van der Waals surface area contributed by atoms with Gasteiger partial charge in [0.1, 0.15) is 29.8 Å². The van der Waals surface area contributed by atoms with Gasteiger partial charge in [-0.05, 0) is 29.3 Å². The van der Waals surface area contributed by atoms with Gasteiger partial charge in [0.25, 0.3) is 0 Å². The van der Waals surface area contributed by atoms with E-state index in [9.17, 15) is 10.1 Å². The number of hydrogen-bond acceptors (Lipinski definition) is 4. The molecule has 5 nitrogen and oxygen atoms in total. The van der Waals surface area contributed by atoms with E-state index in [4.69, 9.17) is 10.6 Å². The average molecular weight is 317 g/mol. The van der Waals surface area contributed by atoms with Crippen LogP contribution in [0.25, 0.3) is 11.1 Å². The summed E-state index contributed by atoms with van der Waals surface area (Å²) in [5.41, 5.74) is 2.92. The molecule has 0 saturated heterocycles. The van der Waals surface area contributed by atoms with Gasteiger partial charge in [-0.1, -0.05) is 42.5 Å². The number of nitriles is 1. The lowest BCUT2D eigenvalue weighted by Gasteiger charge is -2.08. The van der Waals surface area contributed by atoms with E-state index in [-0.39, 0.29) is 11.4 Å². The van der Waals surface area contributed by atoms with Crippen LogP contribution in [0.4, 0.5) is 0 Å². The van der Waals surface area contributed by atoms with Crippen molar-refractivity contribution in [1.29, 1.82) is 5.26 Å². The Hall–Kier alpha value is -3.52. The van der Waals surface area contributed by atoms with E-state index >= 15 is 0 Å². The number of hydrogen-bond donors (Lipinski definition) is 1. The zero-order chi connectivity index (χ0) is 16.9. The summed E-state index contributed by atoms with van der Waals surface area (Å²) in [6, 6.07) is 20.8. The van der Waals surface area contributed by atoms with Crippen molar-refractivity contribution in [3.05, 3.63) is 77.6 Å². The second-order valence-electron chi connectivity index (χ2n) is 5.23. The third-order valence-corrected chi connectivity index (χ3v) is 3.69. The molecule has 0 amide bonds. The summed E-state index contributed by atoms with van der Waals surface area (Å²) in [4.78, 5) is 11.0. The number of benzene rings is 2. The molecule has 3 aromatic rings. The number of ether oxygens (including phenoxy) is 1. The number of nitrogens with zero attached hydrogens (tertiary/aromatic N) is 2. The molecular formula is C19H15N3O2. The smallest absolute Gasteiger partial charge is 0.168 e. The Kier molecular flexibility index (Phi) is 4.30. The van der Waals surface area contributed by atoms with Crippen molar-refractivity contribution in [3.8, 4) is 22.9 Å². The molecule has 1 aromatic heterocycles. The predicted molar refractivity (Wildman–Crippen MR) is 90.9 cm³/mol. The van der Waals surface area contributed by atoms with E-state index in [1.54, 1.807) is 6.07 Å². The van der Waals surface area contributed by atoms with Crippen molar-refractivity contribution in [3.63, 3.8) is 0 Å². The van der Waals surface area contributed by atoms with Gasteiger partial charge in [0, 0.05) is 5.56 Å². The molecule has 0 saturated carbocycles. The largest absolute Gasteiger partial charge is 0.489 e. The fraction of sp³-hybridized carbons (Fsp3) is 0.0526. The number of aromatic nitrogens is 1.